The summed E-state index contributed by atoms with van der Waals surface area (Å²) in [6.07, 6.45) is 0.902. The standard InChI is InChI=1S/C19H17N3O2S/c1-13-20-18(21-24-13)12-25-17-9-5-3-7-15(17)19(23)22-11-10-14-6-2-4-8-16(14)22/h2-9H,10-12H2,1H3. The van der Waals surface area contributed by atoms with E-state index in [-0.39, 0.29) is 5.91 Å². The van der Waals surface area contributed by atoms with Gasteiger partial charge in [0.05, 0.1) is 11.3 Å². The van der Waals surface area contributed by atoms with Crippen LogP contribution in [-0.4, -0.2) is 22.6 Å². The van der Waals surface area contributed by atoms with E-state index in [2.05, 4.69) is 16.2 Å². The fraction of sp³-hybridized carbons (Fsp3) is 0.211. The quantitative estimate of drug-likeness (QED) is 0.668. The highest BCUT2D eigenvalue weighted by molar-refractivity contribution is 7.98. The number of carbonyl (C=O) groups excluding carboxylic acids is 1. The van der Waals surface area contributed by atoms with E-state index in [1.54, 1.807) is 18.7 Å². The fourth-order valence-corrected chi connectivity index (χ4v) is 3.89. The van der Waals surface area contributed by atoms with Crippen LogP contribution in [0.2, 0.25) is 0 Å². The molecule has 1 aliphatic rings. The molecule has 0 saturated carbocycles. The lowest BCUT2D eigenvalue weighted by Crippen LogP contribution is -2.29. The van der Waals surface area contributed by atoms with Crippen LogP contribution in [0.25, 0.3) is 0 Å². The molecule has 0 spiro atoms. The number of para-hydroxylation sites is 1. The third-order valence-electron chi connectivity index (χ3n) is 4.18. The largest absolute Gasteiger partial charge is 0.340 e. The molecular formula is C19H17N3O2S. The first-order valence-electron chi connectivity index (χ1n) is 8.13. The maximum Gasteiger partial charge on any atom is 0.259 e. The van der Waals surface area contributed by atoms with E-state index >= 15 is 0 Å². The van der Waals surface area contributed by atoms with E-state index in [1.807, 2.05) is 47.4 Å². The average molecular weight is 351 g/mol. The zero-order chi connectivity index (χ0) is 17.2. The highest BCUT2D eigenvalue weighted by atomic mass is 32.2. The van der Waals surface area contributed by atoms with Crippen LogP contribution in [0.1, 0.15) is 27.6 Å². The van der Waals surface area contributed by atoms with Gasteiger partial charge in [0.1, 0.15) is 0 Å². The Bertz CT molecular complexity index is 922. The Morgan fingerprint density at radius 2 is 2.00 bits per heavy atom. The second-order valence-electron chi connectivity index (χ2n) is 5.85. The van der Waals surface area contributed by atoms with Crippen LogP contribution in [0, 0.1) is 6.92 Å². The van der Waals surface area contributed by atoms with Gasteiger partial charge in [-0.25, -0.2) is 0 Å². The highest BCUT2D eigenvalue weighted by Gasteiger charge is 2.26. The monoisotopic (exact) mass is 351 g/mol. The molecule has 1 aromatic heterocycles. The number of fused-ring (bicyclic) bond motifs is 1. The van der Waals surface area contributed by atoms with E-state index in [0.29, 0.717) is 23.0 Å². The first kappa shape index (κ1) is 15.9. The molecule has 0 unspecified atom stereocenters. The summed E-state index contributed by atoms with van der Waals surface area (Å²) in [7, 11) is 0. The van der Waals surface area contributed by atoms with Crippen LogP contribution in [0.3, 0.4) is 0 Å². The van der Waals surface area contributed by atoms with Crippen molar-refractivity contribution in [2.75, 3.05) is 11.4 Å². The summed E-state index contributed by atoms with van der Waals surface area (Å²) in [6, 6.07) is 15.8. The number of anilines is 1. The number of aryl methyl sites for hydroxylation is 1. The molecule has 0 fully saturated rings. The van der Waals surface area contributed by atoms with Crippen LogP contribution < -0.4 is 4.90 Å². The molecule has 3 aromatic rings. The lowest BCUT2D eigenvalue weighted by molar-refractivity contribution is 0.0986. The first-order valence-corrected chi connectivity index (χ1v) is 9.12. The van der Waals surface area contributed by atoms with Gasteiger partial charge in [0.2, 0.25) is 5.89 Å². The summed E-state index contributed by atoms with van der Waals surface area (Å²) in [4.78, 5) is 20.1. The predicted octanol–water partition coefficient (Wildman–Crippen LogP) is 3.87. The summed E-state index contributed by atoms with van der Waals surface area (Å²) in [5.74, 6) is 1.79. The lowest BCUT2D eigenvalue weighted by Gasteiger charge is -2.19. The molecule has 0 N–H and O–H groups in total. The molecule has 2 heterocycles. The maximum absolute atomic E-state index is 13.1. The average Bonchev–Trinajstić information content (AvgIpc) is 3.26. The van der Waals surface area contributed by atoms with Gasteiger partial charge in [-0.05, 0) is 30.2 Å². The molecule has 0 saturated heterocycles. The van der Waals surface area contributed by atoms with Crippen molar-refractivity contribution >= 4 is 23.4 Å². The number of aromatic nitrogens is 2. The number of amides is 1. The molecule has 1 aliphatic heterocycles. The Labute approximate surface area is 150 Å². The van der Waals surface area contributed by atoms with Crippen molar-refractivity contribution in [1.29, 1.82) is 0 Å². The smallest absolute Gasteiger partial charge is 0.259 e. The Morgan fingerprint density at radius 3 is 2.84 bits per heavy atom. The molecule has 0 bridgehead atoms. The molecule has 0 aliphatic carbocycles. The normalized spacial score (nSPS) is 13.1. The summed E-state index contributed by atoms with van der Waals surface area (Å²) < 4.78 is 5.00. The van der Waals surface area contributed by atoms with E-state index in [4.69, 9.17) is 4.52 Å². The Balaban J connectivity index is 1.57. The third-order valence-corrected chi connectivity index (χ3v) is 5.25. The van der Waals surface area contributed by atoms with Crippen molar-refractivity contribution in [2.24, 2.45) is 0 Å². The Morgan fingerprint density at radius 1 is 1.20 bits per heavy atom. The Kier molecular flexibility index (Phi) is 4.28. The maximum atomic E-state index is 13.1. The van der Waals surface area contributed by atoms with Gasteiger partial charge in [-0.15, -0.1) is 11.8 Å². The van der Waals surface area contributed by atoms with Crippen molar-refractivity contribution in [3.05, 3.63) is 71.4 Å². The van der Waals surface area contributed by atoms with Gasteiger partial charge in [0.15, 0.2) is 5.82 Å². The van der Waals surface area contributed by atoms with Crippen molar-refractivity contribution in [3.63, 3.8) is 0 Å². The van der Waals surface area contributed by atoms with E-state index < -0.39 is 0 Å². The molecule has 4 rings (SSSR count). The topological polar surface area (TPSA) is 59.2 Å². The zero-order valence-corrected chi connectivity index (χ0v) is 14.6. The van der Waals surface area contributed by atoms with Crippen molar-refractivity contribution < 1.29 is 9.32 Å². The first-order chi connectivity index (χ1) is 12.2. The zero-order valence-electron chi connectivity index (χ0n) is 13.8. The molecule has 0 radical (unpaired) electrons. The van der Waals surface area contributed by atoms with Crippen LogP contribution in [0.4, 0.5) is 5.69 Å². The summed E-state index contributed by atoms with van der Waals surface area (Å²) >= 11 is 1.55. The minimum atomic E-state index is 0.0392. The van der Waals surface area contributed by atoms with Gasteiger partial charge in [0, 0.05) is 24.1 Å². The second-order valence-corrected chi connectivity index (χ2v) is 6.87. The Hall–Kier alpha value is -2.60. The van der Waals surface area contributed by atoms with Gasteiger partial charge in [-0.3, -0.25) is 4.79 Å². The highest BCUT2D eigenvalue weighted by Crippen LogP contribution is 2.32. The van der Waals surface area contributed by atoms with Crippen molar-refractivity contribution in [2.45, 2.75) is 24.0 Å². The SMILES string of the molecule is Cc1nc(CSc2ccccc2C(=O)N2CCc3ccccc32)no1. The van der Waals surface area contributed by atoms with Crippen LogP contribution in [0.5, 0.6) is 0 Å². The molecular weight excluding hydrogens is 334 g/mol. The molecule has 0 atom stereocenters. The van der Waals surface area contributed by atoms with Crippen LogP contribution in [-0.2, 0) is 12.2 Å². The number of benzene rings is 2. The summed E-state index contributed by atoms with van der Waals surface area (Å²) in [5.41, 5.74) is 2.95. The van der Waals surface area contributed by atoms with E-state index in [9.17, 15) is 4.79 Å². The van der Waals surface area contributed by atoms with E-state index in [1.165, 1.54) is 5.56 Å². The van der Waals surface area contributed by atoms with E-state index in [0.717, 1.165) is 23.5 Å². The van der Waals surface area contributed by atoms with Crippen LogP contribution >= 0.6 is 11.8 Å². The predicted molar refractivity (Wildman–Crippen MR) is 96.9 cm³/mol. The summed E-state index contributed by atoms with van der Waals surface area (Å²) in [6.45, 7) is 2.49. The minimum absolute atomic E-state index is 0.0392. The molecule has 25 heavy (non-hydrogen) atoms. The second kappa shape index (κ2) is 6.72. The van der Waals surface area contributed by atoms with Gasteiger partial charge in [0.25, 0.3) is 5.91 Å². The van der Waals surface area contributed by atoms with Crippen LogP contribution in [0.15, 0.2) is 57.9 Å². The molecule has 5 nitrogen and oxygen atoms in total. The third kappa shape index (κ3) is 3.17. The molecule has 126 valence electrons. The minimum Gasteiger partial charge on any atom is -0.340 e. The molecule has 1 amide bonds. The number of carbonyl (C=O) groups is 1. The van der Waals surface area contributed by atoms with Gasteiger partial charge in [-0.2, -0.15) is 4.98 Å². The van der Waals surface area contributed by atoms with Gasteiger partial charge < -0.3 is 9.42 Å². The van der Waals surface area contributed by atoms with Crippen molar-refractivity contribution in [1.82, 2.24) is 10.1 Å². The number of thioether (sulfide) groups is 1. The van der Waals surface area contributed by atoms with Crippen molar-refractivity contribution in [3.8, 4) is 0 Å². The molecule has 6 heteroatoms. The number of hydrogen-bond donors (Lipinski definition) is 0. The number of hydrogen-bond acceptors (Lipinski definition) is 5. The number of rotatable bonds is 4. The number of nitrogens with zero attached hydrogens (tertiary/aromatic N) is 3. The molecule has 2 aromatic carbocycles. The lowest BCUT2D eigenvalue weighted by atomic mass is 10.1. The summed E-state index contributed by atoms with van der Waals surface area (Å²) in [5, 5.41) is 3.91. The fourth-order valence-electron chi connectivity index (χ4n) is 3.01. The van der Waals surface area contributed by atoms with Gasteiger partial charge >= 0.3 is 0 Å². The van der Waals surface area contributed by atoms with Gasteiger partial charge in [-0.1, -0.05) is 35.5 Å².